The topological polar surface area (TPSA) is 117 Å². The summed E-state index contributed by atoms with van der Waals surface area (Å²) in [7, 11) is 0. The molecule has 0 fully saturated rings. The van der Waals surface area contributed by atoms with Crippen LogP contribution in [0.1, 0.15) is 0 Å². The lowest BCUT2D eigenvalue weighted by Crippen LogP contribution is -2.17. The van der Waals surface area contributed by atoms with Crippen molar-refractivity contribution >= 4 is 46.6 Å². The quantitative estimate of drug-likeness (QED) is 0.334. The molecule has 2 heterocycles. The van der Waals surface area contributed by atoms with Gasteiger partial charge in [0.2, 0.25) is 11.1 Å². The molecular formula is C18H14Cl2N8OS. The third-order valence-electron chi connectivity index (χ3n) is 4.00. The molecule has 2 aromatic carbocycles. The van der Waals surface area contributed by atoms with E-state index in [4.69, 9.17) is 29.0 Å². The van der Waals surface area contributed by atoms with Gasteiger partial charge in [0, 0.05) is 15.6 Å². The smallest absolute Gasteiger partial charge is 0.234 e. The Hall–Kier alpha value is -3.08. The second-order valence-corrected chi connectivity index (χ2v) is 7.84. The van der Waals surface area contributed by atoms with Crippen LogP contribution >= 0.6 is 35.0 Å². The zero-order valence-electron chi connectivity index (χ0n) is 15.2. The molecule has 2 aromatic heterocycles. The summed E-state index contributed by atoms with van der Waals surface area (Å²) in [6.45, 7) is 0. The third kappa shape index (κ3) is 4.40. The van der Waals surface area contributed by atoms with Crippen molar-refractivity contribution < 1.29 is 4.79 Å². The molecule has 0 spiro atoms. The summed E-state index contributed by atoms with van der Waals surface area (Å²) >= 11 is 13.1. The maximum atomic E-state index is 12.5. The molecule has 0 atom stereocenters. The highest BCUT2D eigenvalue weighted by molar-refractivity contribution is 7.99. The van der Waals surface area contributed by atoms with Crippen LogP contribution in [0.25, 0.3) is 17.1 Å². The summed E-state index contributed by atoms with van der Waals surface area (Å²) < 4.78 is 2.87. The summed E-state index contributed by atoms with van der Waals surface area (Å²) in [4.78, 5) is 16.4. The first kappa shape index (κ1) is 20.2. The number of nitrogens with zero attached hydrogens (tertiary/aromatic N) is 6. The number of carbonyl (C=O) groups excluding carboxylic acids is 1. The molecule has 0 radical (unpaired) electrons. The maximum Gasteiger partial charge on any atom is 0.234 e. The highest BCUT2D eigenvalue weighted by Crippen LogP contribution is 2.26. The number of hydrogen-bond donors (Lipinski definition) is 2. The van der Waals surface area contributed by atoms with Crippen molar-refractivity contribution in [3.8, 4) is 17.1 Å². The van der Waals surface area contributed by atoms with Crippen molar-refractivity contribution in [3.63, 3.8) is 0 Å². The van der Waals surface area contributed by atoms with Gasteiger partial charge in [-0.3, -0.25) is 4.79 Å². The number of hydrogen-bond acceptors (Lipinski definition) is 7. The molecule has 4 aromatic rings. The van der Waals surface area contributed by atoms with Crippen molar-refractivity contribution in [2.75, 3.05) is 16.9 Å². The van der Waals surface area contributed by atoms with Gasteiger partial charge in [0.25, 0.3) is 0 Å². The number of thioether (sulfide) groups is 1. The SMILES string of the molecule is Nn1c(SCC(=O)Nc2cc(Cl)ccc2-n2cncn2)nnc1-c1ccc(Cl)cc1. The number of anilines is 1. The normalized spacial score (nSPS) is 10.9. The van der Waals surface area contributed by atoms with Crippen LogP contribution in [0.5, 0.6) is 0 Å². The number of halogens is 2. The van der Waals surface area contributed by atoms with E-state index < -0.39 is 0 Å². The summed E-state index contributed by atoms with van der Waals surface area (Å²) in [6, 6.07) is 12.2. The van der Waals surface area contributed by atoms with E-state index in [9.17, 15) is 4.79 Å². The van der Waals surface area contributed by atoms with Crippen LogP contribution < -0.4 is 11.2 Å². The summed E-state index contributed by atoms with van der Waals surface area (Å²) in [5, 5.41) is 16.6. The second kappa shape index (κ2) is 8.74. The van der Waals surface area contributed by atoms with Gasteiger partial charge in [0.15, 0.2) is 5.82 Å². The van der Waals surface area contributed by atoms with Crippen LogP contribution in [0.2, 0.25) is 10.0 Å². The van der Waals surface area contributed by atoms with Crippen LogP contribution in [-0.2, 0) is 4.79 Å². The van der Waals surface area contributed by atoms with Gasteiger partial charge in [-0.15, -0.1) is 10.2 Å². The summed E-state index contributed by atoms with van der Waals surface area (Å²) in [5.74, 6) is 6.37. The number of benzene rings is 2. The molecule has 0 aliphatic heterocycles. The molecule has 0 unspecified atom stereocenters. The van der Waals surface area contributed by atoms with Crippen molar-refractivity contribution in [1.29, 1.82) is 0 Å². The average Bonchev–Trinajstić information content (AvgIpc) is 3.38. The fourth-order valence-electron chi connectivity index (χ4n) is 2.63. The van der Waals surface area contributed by atoms with Gasteiger partial charge in [-0.05, 0) is 42.5 Å². The molecule has 9 nitrogen and oxygen atoms in total. The Morgan fingerprint density at radius 1 is 1.10 bits per heavy atom. The first-order chi connectivity index (χ1) is 14.5. The van der Waals surface area contributed by atoms with Crippen LogP contribution in [0.4, 0.5) is 5.69 Å². The largest absolute Gasteiger partial charge is 0.335 e. The molecule has 152 valence electrons. The second-order valence-electron chi connectivity index (χ2n) is 6.02. The predicted molar refractivity (Wildman–Crippen MR) is 116 cm³/mol. The molecule has 3 N–H and O–H groups in total. The Morgan fingerprint density at radius 2 is 1.87 bits per heavy atom. The fraction of sp³-hybridized carbons (Fsp3) is 0.0556. The number of aromatic nitrogens is 6. The lowest BCUT2D eigenvalue weighted by Gasteiger charge is -2.11. The van der Waals surface area contributed by atoms with Gasteiger partial charge >= 0.3 is 0 Å². The Bertz CT molecular complexity index is 1180. The zero-order chi connectivity index (χ0) is 21.1. The summed E-state index contributed by atoms with van der Waals surface area (Å²) in [6.07, 6.45) is 2.94. The van der Waals surface area contributed by atoms with E-state index in [0.29, 0.717) is 32.4 Å². The monoisotopic (exact) mass is 460 g/mol. The van der Waals surface area contributed by atoms with Gasteiger partial charge in [-0.25, -0.2) is 14.3 Å². The highest BCUT2D eigenvalue weighted by atomic mass is 35.5. The minimum atomic E-state index is -0.264. The molecule has 0 saturated carbocycles. The van der Waals surface area contributed by atoms with Crippen LogP contribution in [-0.4, -0.2) is 41.3 Å². The van der Waals surface area contributed by atoms with E-state index >= 15 is 0 Å². The first-order valence-corrected chi connectivity index (χ1v) is 10.3. The van der Waals surface area contributed by atoms with Gasteiger partial charge in [-0.1, -0.05) is 35.0 Å². The molecule has 0 saturated heterocycles. The van der Waals surface area contributed by atoms with E-state index in [0.717, 1.165) is 17.3 Å². The standard InChI is InChI=1S/C18H14Cl2N8OS/c19-12-3-1-11(2-4-12)17-25-26-18(28(17)21)30-8-16(29)24-14-7-13(20)5-6-15(14)27-10-22-9-23-27/h1-7,9-10H,8,21H2,(H,24,29). The number of carbonyl (C=O) groups is 1. The van der Waals surface area contributed by atoms with E-state index in [1.807, 2.05) is 0 Å². The molecule has 0 aliphatic carbocycles. The first-order valence-electron chi connectivity index (χ1n) is 8.55. The number of nitrogens with one attached hydrogen (secondary N) is 1. The number of nitrogens with two attached hydrogens (primary N) is 1. The van der Waals surface area contributed by atoms with E-state index in [1.165, 1.54) is 22.0 Å². The number of rotatable bonds is 6. The summed E-state index contributed by atoms with van der Waals surface area (Å²) in [5.41, 5.74) is 1.92. The molecule has 30 heavy (non-hydrogen) atoms. The Balaban J connectivity index is 1.45. The number of amides is 1. The van der Waals surface area contributed by atoms with Gasteiger partial charge in [0.1, 0.15) is 12.7 Å². The average molecular weight is 461 g/mol. The Morgan fingerprint density at radius 3 is 2.60 bits per heavy atom. The van der Waals surface area contributed by atoms with E-state index in [1.54, 1.807) is 42.5 Å². The lowest BCUT2D eigenvalue weighted by atomic mass is 10.2. The minimum Gasteiger partial charge on any atom is -0.335 e. The Labute approximate surface area is 185 Å². The van der Waals surface area contributed by atoms with E-state index in [-0.39, 0.29) is 11.7 Å². The van der Waals surface area contributed by atoms with Crippen molar-refractivity contribution in [2.45, 2.75) is 5.16 Å². The predicted octanol–water partition coefficient (Wildman–Crippen LogP) is 3.28. The maximum absolute atomic E-state index is 12.5. The molecular weight excluding hydrogens is 447 g/mol. The molecule has 1 amide bonds. The molecule has 4 rings (SSSR count). The van der Waals surface area contributed by atoms with Gasteiger partial charge in [-0.2, -0.15) is 5.10 Å². The van der Waals surface area contributed by atoms with Crippen molar-refractivity contribution in [2.24, 2.45) is 0 Å². The number of nitrogen functional groups attached to an aromatic ring is 1. The van der Waals surface area contributed by atoms with Crippen molar-refractivity contribution in [3.05, 3.63) is 65.2 Å². The van der Waals surface area contributed by atoms with Crippen LogP contribution in [0, 0.1) is 0 Å². The molecule has 0 bridgehead atoms. The van der Waals surface area contributed by atoms with Crippen LogP contribution in [0.3, 0.4) is 0 Å². The highest BCUT2D eigenvalue weighted by Gasteiger charge is 2.15. The minimum absolute atomic E-state index is 0.0687. The Kier molecular flexibility index (Phi) is 5.88. The molecule has 12 heteroatoms. The van der Waals surface area contributed by atoms with E-state index in [2.05, 4.69) is 25.6 Å². The van der Waals surface area contributed by atoms with Gasteiger partial charge in [0.05, 0.1) is 17.1 Å². The fourth-order valence-corrected chi connectivity index (χ4v) is 3.58. The zero-order valence-corrected chi connectivity index (χ0v) is 17.6. The lowest BCUT2D eigenvalue weighted by molar-refractivity contribution is -0.113. The van der Waals surface area contributed by atoms with Crippen LogP contribution in [0.15, 0.2) is 60.3 Å². The molecule has 0 aliphatic rings. The third-order valence-corrected chi connectivity index (χ3v) is 5.43. The van der Waals surface area contributed by atoms with Crippen molar-refractivity contribution in [1.82, 2.24) is 29.6 Å². The van der Waals surface area contributed by atoms with Gasteiger partial charge < -0.3 is 11.2 Å².